The second kappa shape index (κ2) is 4.86. The van der Waals surface area contributed by atoms with Crippen LogP contribution in [0, 0.1) is 0 Å². The van der Waals surface area contributed by atoms with Gasteiger partial charge in [0.1, 0.15) is 15.8 Å². The Balaban J connectivity index is 2.05. The fourth-order valence-electron chi connectivity index (χ4n) is 2.09. The molecule has 8 heteroatoms. The number of aromatic hydroxyl groups is 1. The standard InChI is InChI=1S/C13H11ClN2O3S2/c1-13(2)9(12(18)19)16-11(21-13)10-15-6-4-7(17)5(14)3-8(6)20-10/h3-4,9,17H,1-2H3,(H,18,19). The van der Waals surface area contributed by atoms with Gasteiger partial charge in [-0.25, -0.2) is 9.78 Å². The Hall–Kier alpha value is -1.31. The number of fused-ring (bicyclic) bond motifs is 1. The molecule has 3 rings (SSSR count). The quantitative estimate of drug-likeness (QED) is 0.874. The topological polar surface area (TPSA) is 82.8 Å². The molecule has 2 heterocycles. The zero-order valence-electron chi connectivity index (χ0n) is 11.1. The van der Waals surface area contributed by atoms with Crippen molar-refractivity contribution < 1.29 is 15.0 Å². The minimum atomic E-state index is -0.940. The summed E-state index contributed by atoms with van der Waals surface area (Å²) in [5, 5.41) is 20.4. The number of halogens is 1. The average Bonchev–Trinajstić information content (AvgIpc) is 2.90. The molecular weight excluding hydrogens is 332 g/mol. The summed E-state index contributed by atoms with van der Waals surface area (Å²) in [6.07, 6.45) is 0. The maximum absolute atomic E-state index is 11.3. The van der Waals surface area contributed by atoms with Gasteiger partial charge in [0.25, 0.3) is 0 Å². The average molecular weight is 343 g/mol. The fourth-order valence-corrected chi connectivity index (χ4v) is 4.50. The summed E-state index contributed by atoms with van der Waals surface area (Å²) in [4.78, 5) is 20.0. The number of rotatable bonds is 2. The lowest BCUT2D eigenvalue weighted by molar-refractivity contribution is -0.138. The van der Waals surface area contributed by atoms with E-state index in [-0.39, 0.29) is 10.8 Å². The minimum absolute atomic E-state index is 0.0224. The summed E-state index contributed by atoms with van der Waals surface area (Å²) < 4.78 is 0.311. The molecule has 0 radical (unpaired) electrons. The number of carboxylic acids is 1. The number of aliphatic imine (C=N–C) groups is 1. The molecule has 1 aliphatic heterocycles. The van der Waals surface area contributed by atoms with Gasteiger partial charge in [-0.15, -0.1) is 11.3 Å². The van der Waals surface area contributed by atoms with Crippen molar-refractivity contribution in [2.45, 2.75) is 24.6 Å². The molecule has 0 fully saturated rings. The van der Waals surface area contributed by atoms with E-state index in [1.54, 1.807) is 6.07 Å². The van der Waals surface area contributed by atoms with E-state index in [0.717, 1.165) is 4.70 Å². The summed E-state index contributed by atoms with van der Waals surface area (Å²) in [6.45, 7) is 3.70. The number of aliphatic carboxylic acids is 1. The van der Waals surface area contributed by atoms with Gasteiger partial charge in [0.05, 0.1) is 15.2 Å². The van der Waals surface area contributed by atoms with E-state index in [1.807, 2.05) is 13.8 Å². The maximum Gasteiger partial charge on any atom is 0.329 e. The molecule has 0 bridgehead atoms. The Kier molecular flexibility index (Phi) is 3.38. The minimum Gasteiger partial charge on any atom is -0.506 e. The SMILES string of the molecule is CC1(C)SC(c2nc3cc(O)c(Cl)cc3s2)=NC1C(=O)O. The molecule has 110 valence electrons. The van der Waals surface area contributed by atoms with E-state index >= 15 is 0 Å². The van der Waals surface area contributed by atoms with Crippen molar-refractivity contribution in [3.05, 3.63) is 22.2 Å². The van der Waals surface area contributed by atoms with E-state index in [0.29, 0.717) is 15.6 Å². The highest BCUT2D eigenvalue weighted by Crippen LogP contribution is 2.42. The van der Waals surface area contributed by atoms with Gasteiger partial charge in [-0.05, 0) is 19.9 Å². The van der Waals surface area contributed by atoms with Crippen molar-refractivity contribution in [1.29, 1.82) is 0 Å². The van der Waals surface area contributed by atoms with Crippen molar-refractivity contribution in [2.75, 3.05) is 0 Å². The summed E-state index contributed by atoms with van der Waals surface area (Å²) >= 11 is 8.67. The van der Waals surface area contributed by atoms with Gasteiger partial charge in [-0.1, -0.05) is 23.4 Å². The largest absolute Gasteiger partial charge is 0.506 e. The molecule has 1 aliphatic rings. The lowest BCUT2D eigenvalue weighted by atomic mass is 10.0. The fraction of sp³-hybridized carbons (Fsp3) is 0.308. The van der Waals surface area contributed by atoms with Crippen LogP contribution in [0.5, 0.6) is 5.75 Å². The smallest absolute Gasteiger partial charge is 0.329 e. The first-order valence-corrected chi connectivity index (χ1v) is 8.08. The van der Waals surface area contributed by atoms with E-state index in [2.05, 4.69) is 9.98 Å². The van der Waals surface area contributed by atoms with Gasteiger partial charge in [-0.3, -0.25) is 4.99 Å². The predicted octanol–water partition coefficient (Wildman–Crippen LogP) is 3.38. The van der Waals surface area contributed by atoms with Gasteiger partial charge < -0.3 is 10.2 Å². The Labute approximate surface area is 133 Å². The molecule has 1 atom stereocenters. The van der Waals surface area contributed by atoms with Crippen LogP contribution in [0.25, 0.3) is 10.2 Å². The van der Waals surface area contributed by atoms with Crippen LogP contribution in [0.4, 0.5) is 0 Å². The lowest BCUT2D eigenvalue weighted by Crippen LogP contribution is -2.34. The van der Waals surface area contributed by atoms with Crippen molar-refractivity contribution in [3.63, 3.8) is 0 Å². The van der Waals surface area contributed by atoms with Gasteiger partial charge in [0.15, 0.2) is 6.04 Å². The first-order chi connectivity index (χ1) is 9.78. The summed E-state index contributed by atoms with van der Waals surface area (Å²) in [5.41, 5.74) is 0.622. The number of thiazole rings is 1. The molecule has 1 aromatic carbocycles. The molecule has 21 heavy (non-hydrogen) atoms. The third-order valence-corrected chi connectivity index (χ3v) is 5.84. The number of benzene rings is 1. The first kappa shape index (κ1) is 14.6. The molecule has 0 aliphatic carbocycles. The number of phenolic OH excluding ortho intramolecular Hbond substituents is 1. The zero-order valence-corrected chi connectivity index (χ0v) is 13.5. The predicted molar refractivity (Wildman–Crippen MR) is 85.9 cm³/mol. The third kappa shape index (κ3) is 2.49. The van der Waals surface area contributed by atoms with Crippen LogP contribution in [-0.4, -0.2) is 37.0 Å². The Bertz CT molecular complexity index is 746. The normalized spacial score (nSPS) is 20.7. The third-order valence-electron chi connectivity index (χ3n) is 3.14. The second-order valence-corrected chi connectivity index (χ2v) is 8.25. The highest BCUT2D eigenvalue weighted by atomic mass is 35.5. The number of thioether (sulfide) groups is 1. The summed E-state index contributed by atoms with van der Waals surface area (Å²) in [7, 11) is 0. The van der Waals surface area contributed by atoms with Crippen LogP contribution in [0.3, 0.4) is 0 Å². The number of hydrogen-bond acceptors (Lipinski definition) is 6. The monoisotopic (exact) mass is 342 g/mol. The number of nitrogens with zero attached hydrogens (tertiary/aromatic N) is 2. The van der Waals surface area contributed by atoms with Crippen LogP contribution in [0.2, 0.25) is 5.02 Å². The molecule has 0 spiro atoms. The maximum atomic E-state index is 11.3. The Morgan fingerprint density at radius 2 is 2.14 bits per heavy atom. The van der Waals surface area contributed by atoms with Crippen molar-refractivity contribution in [2.24, 2.45) is 4.99 Å². The van der Waals surface area contributed by atoms with E-state index in [4.69, 9.17) is 11.6 Å². The molecule has 0 saturated carbocycles. The Morgan fingerprint density at radius 1 is 1.43 bits per heavy atom. The van der Waals surface area contributed by atoms with Crippen LogP contribution in [0.15, 0.2) is 17.1 Å². The van der Waals surface area contributed by atoms with Crippen LogP contribution < -0.4 is 0 Å². The molecular formula is C13H11ClN2O3S2. The van der Waals surface area contributed by atoms with Crippen LogP contribution >= 0.6 is 34.7 Å². The highest BCUT2D eigenvalue weighted by Gasteiger charge is 2.43. The lowest BCUT2D eigenvalue weighted by Gasteiger charge is -2.19. The molecule has 5 nitrogen and oxygen atoms in total. The summed E-state index contributed by atoms with van der Waals surface area (Å²) in [5.74, 6) is -0.963. The second-order valence-electron chi connectivity index (χ2n) is 5.17. The van der Waals surface area contributed by atoms with E-state index in [1.165, 1.54) is 29.2 Å². The molecule has 1 aromatic heterocycles. The molecule has 2 N–H and O–H groups in total. The number of carbonyl (C=O) groups is 1. The number of carboxylic acid groups (broad SMARTS) is 1. The van der Waals surface area contributed by atoms with Gasteiger partial charge in [0, 0.05) is 10.8 Å². The van der Waals surface area contributed by atoms with Gasteiger partial charge >= 0.3 is 5.97 Å². The van der Waals surface area contributed by atoms with Crippen molar-refractivity contribution in [3.8, 4) is 5.75 Å². The highest BCUT2D eigenvalue weighted by molar-refractivity contribution is 8.16. The first-order valence-electron chi connectivity index (χ1n) is 6.07. The van der Waals surface area contributed by atoms with Crippen molar-refractivity contribution in [1.82, 2.24) is 4.98 Å². The molecule has 2 aromatic rings. The molecule has 1 unspecified atom stereocenters. The van der Waals surface area contributed by atoms with Crippen LogP contribution in [-0.2, 0) is 4.79 Å². The molecule has 0 amide bonds. The van der Waals surface area contributed by atoms with Gasteiger partial charge in [-0.2, -0.15) is 0 Å². The number of aromatic nitrogens is 1. The van der Waals surface area contributed by atoms with Crippen LogP contribution in [0.1, 0.15) is 18.9 Å². The van der Waals surface area contributed by atoms with E-state index in [9.17, 15) is 15.0 Å². The Morgan fingerprint density at radius 3 is 2.76 bits per heavy atom. The van der Waals surface area contributed by atoms with Gasteiger partial charge in [0.2, 0.25) is 0 Å². The number of hydrogen-bond donors (Lipinski definition) is 2. The van der Waals surface area contributed by atoms with Crippen molar-refractivity contribution >= 4 is 55.9 Å². The molecule has 0 saturated heterocycles. The zero-order chi connectivity index (χ0) is 15.4. The van der Waals surface area contributed by atoms with E-state index < -0.39 is 16.8 Å². The number of phenols is 1. The summed E-state index contributed by atoms with van der Waals surface area (Å²) in [6, 6.07) is 2.35.